The minimum Gasteiger partial charge on any atom is -0.490 e. The Bertz CT molecular complexity index is 934. The third-order valence-electron chi connectivity index (χ3n) is 5.18. The van der Waals surface area contributed by atoms with Gasteiger partial charge in [-0.1, -0.05) is 43.7 Å². The molecule has 0 aliphatic carbocycles. The standard InChI is InChI=1S/C25H30N2O6/c1-2-3-15-33-23(28)18-21-24(29)26-13-14-27(21)25(30)20-11-7-8-12-22(20)32-17-16-31-19-9-5-4-6-10-19/h4-12,21H,2-3,13-18H2,1H3,(H,26,29). The second-order valence-corrected chi connectivity index (χ2v) is 7.59. The number of hydrogen-bond donors (Lipinski definition) is 1. The van der Waals surface area contributed by atoms with Crippen LogP contribution in [0.1, 0.15) is 36.5 Å². The molecular formula is C25H30N2O6. The Kier molecular flexibility index (Phi) is 9.11. The molecule has 2 aromatic carbocycles. The van der Waals surface area contributed by atoms with Gasteiger partial charge in [0, 0.05) is 13.1 Å². The molecule has 0 aromatic heterocycles. The van der Waals surface area contributed by atoms with Gasteiger partial charge in [-0.15, -0.1) is 0 Å². The molecule has 33 heavy (non-hydrogen) atoms. The second-order valence-electron chi connectivity index (χ2n) is 7.59. The summed E-state index contributed by atoms with van der Waals surface area (Å²) in [5.74, 6) is -0.0914. The summed E-state index contributed by atoms with van der Waals surface area (Å²) in [6, 6.07) is 15.3. The third kappa shape index (κ3) is 6.97. The fourth-order valence-corrected chi connectivity index (χ4v) is 3.46. The van der Waals surface area contributed by atoms with Crippen LogP contribution in [0.4, 0.5) is 0 Å². The van der Waals surface area contributed by atoms with Crippen molar-refractivity contribution < 1.29 is 28.6 Å². The highest BCUT2D eigenvalue weighted by molar-refractivity contribution is 6.01. The predicted molar refractivity (Wildman–Crippen MR) is 122 cm³/mol. The Morgan fingerprint density at radius 3 is 2.52 bits per heavy atom. The molecule has 0 spiro atoms. The summed E-state index contributed by atoms with van der Waals surface area (Å²) in [5, 5.41) is 2.72. The monoisotopic (exact) mass is 454 g/mol. The first-order valence-corrected chi connectivity index (χ1v) is 11.2. The SMILES string of the molecule is CCCCOC(=O)CC1C(=O)NCCN1C(=O)c1ccccc1OCCOc1ccccc1. The number of esters is 1. The van der Waals surface area contributed by atoms with E-state index in [1.807, 2.05) is 37.3 Å². The van der Waals surface area contributed by atoms with E-state index in [2.05, 4.69) is 5.32 Å². The Hall–Kier alpha value is -3.55. The molecule has 176 valence electrons. The number of nitrogens with zero attached hydrogens (tertiary/aromatic N) is 1. The smallest absolute Gasteiger partial charge is 0.308 e. The summed E-state index contributed by atoms with van der Waals surface area (Å²) in [7, 11) is 0. The summed E-state index contributed by atoms with van der Waals surface area (Å²) >= 11 is 0. The molecule has 1 fully saturated rings. The van der Waals surface area contributed by atoms with Gasteiger partial charge in [0.15, 0.2) is 0 Å². The largest absolute Gasteiger partial charge is 0.490 e. The van der Waals surface area contributed by atoms with Crippen LogP contribution in [0, 0.1) is 0 Å². The van der Waals surface area contributed by atoms with E-state index in [-0.39, 0.29) is 24.8 Å². The molecule has 0 radical (unpaired) electrons. The van der Waals surface area contributed by atoms with Crippen LogP contribution in [0.2, 0.25) is 0 Å². The van der Waals surface area contributed by atoms with Gasteiger partial charge in [0.1, 0.15) is 30.8 Å². The number of benzene rings is 2. The molecule has 8 nitrogen and oxygen atoms in total. The van der Waals surface area contributed by atoms with E-state index in [1.54, 1.807) is 24.3 Å². The Balaban J connectivity index is 1.64. The summed E-state index contributed by atoms with van der Waals surface area (Å²) in [6.07, 6.45) is 1.47. The zero-order chi connectivity index (χ0) is 23.5. The van der Waals surface area contributed by atoms with Crippen molar-refractivity contribution >= 4 is 17.8 Å². The van der Waals surface area contributed by atoms with Gasteiger partial charge in [-0.3, -0.25) is 14.4 Å². The van der Waals surface area contributed by atoms with E-state index in [0.717, 1.165) is 18.6 Å². The predicted octanol–water partition coefficient (Wildman–Crippen LogP) is 2.82. The van der Waals surface area contributed by atoms with Gasteiger partial charge in [-0.25, -0.2) is 0 Å². The van der Waals surface area contributed by atoms with E-state index in [0.29, 0.717) is 37.6 Å². The molecular weight excluding hydrogens is 424 g/mol. The number of piperazine rings is 1. The number of para-hydroxylation sites is 2. The molecule has 1 unspecified atom stereocenters. The summed E-state index contributed by atoms with van der Waals surface area (Å²) in [4.78, 5) is 39.5. The molecule has 2 amide bonds. The minimum atomic E-state index is -0.921. The topological polar surface area (TPSA) is 94.2 Å². The number of rotatable bonds is 11. The minimum absolute atomic E-state index is 0.185. The number of amides is 2. The third-order valence-corrected chi connectivity index (χ3v) is 5.18. The summed E-state index contributed by atoms with van der Waals surface area (Å²) < 4.78 is 16.6. The average Bonchev–Trinajstić information content (AvgIpc) is 2.84. The molecule has 1 aliphatic heterocycles. The van der Waals surface area contributed by atoms with Gasteiger partial charge in [-0.05, 0) is 30.7 Å². The molecule has 0 bridgehead atoms. The fourth-order valence-electron chi connectivity index (χ4n) is 3.46. The van der Waals surface area contributed by atoms with Gasteiger partial charge in [-0.2, -0.15) is 0 Å². The first-order valence-electron chi connectivity index (χ1n) is 11.2. The van der Waals surface area contributed by atoms with Crippen LogP contribution in [-0.2, 0) is 14.3 Å². The normalized spacial score (nSPS) is 15.5. The van der Waals surface area contributed by atoms with Crippen LogP contribution in [0.15, 0.2) is 54.6 Å². The lowest BCUT2D eigenvalue weighted by molar-refractivity contribution is -0.147. The maximum absolute atomic E-state index is 13.4. The van der Waals surface area contributed by atoms with E-state index in [4.69, 9.17) is 14.2 Å². The van der Waals surface area contributed by atoms with Crippen LogP contribution in [0.25, 0.3) is 0 Å². The number of carbonyl (C=O) groups is 3. The lowest BCUT2D eigenvalue weighted by Gasteiger charge is -2.34. The zero-order valence-corrected chi connectivity index (χ0v) is 18.8. The van der Waals surface area contributed by atoms with Gasteiger partial charge < -0.3 is 24.4 Å². The molecule has 2 aromatic rings. The number of hydrogen-bond acceptors (Lipinski definition) is 6. The molecule has 1 atom stereocenters. The number of nitrogens with one attached hydrogen (secondary N) is 1. The molecule has 1 aliphatic rings. The Morgan fingerprint density at radius 1 is 1.00 bits per heavy atom. The summed E-state index contributed by atoms with van der Waals surface area (Å²) in [5.41, 5.74) is 0.330. The van der Waals surface area contributed by atoms with Crippen LogP contribution >= 0.6 is 0 Å². The Morgan fingerprint density at radius 2 is 1.73 bits per heavy atom. The maximum Gasteiger partial charge on any atom is 0.308 e. The van der Waals surface area contributed by atoms with Crippen molar-refractivity contribution in [2.75, 3.05) is 32.9 Å². The highest BCUT2D eigenvalue weighted by Crippen LogP contribution is 2.23. The lowest BCUT2D eigenvalue weighted by atomic mass is 10.1. The molecule has 1 N–H and O–H groups in total. The highest BCUT2D eigenvalue weighted by atomic mass is 16.5. The second kappa shape index (κ2) is 12.5. The molecule has 1 saturated heterocycles. The maximum atomic E-state index is 13.4. The van der Waals surface area contributed by atoms with Crippen molar-refractivity contribution in [2.24, 2.45) is 0 Å². The highest BCUT2D eigenvalue weighted by Gasteiger charge is 2.36. The fraction of sp³-hybridized carbons (Fsp3) is 0.400. The van der Waals surface area contributed by atoms with Crippen molar-refractivity contribution in [1.82, 2.24) is 10.2 Å². The van der Waals surface area contributed by atoms with E-state index >= 15 is 0 Å². The average molecular weight is 455 g/mol. The van der Waals surface area contributed by atoms with E-state index < -0.39 is 12.0 Å². The van der Waals surface area contributed by atoms with Gasteiger partial charge >= 0.3 is 5.97 Å². The first kappa shape index (κ1) is 24.1. The van der Waals surface area contributed by atoms with Gasteiger partial charge in [0.2, 0.25) is 5.91 Å². The van der Waals surface area contributed by atoms with Crippen molar-refractivity contribution in [1.29, 1.82) is 0 Å². The number of unbranched alkanes of at least 4 members (excludes halogenated alkanes) is 1. The molecule has 1 heterocycles. The van der Waals surface area contributed by atoms with Crippen molar-refractivity contribution in [2.45, 2.75) is 32.2 Å². The van der Waals surface area contributed by atoms with Crippen LogP contribution in [0.5, 0.6) is 11.5 Å². The summed E-state index contributed by atoms with van der Waals surface area (Å²) in [6.45, 7) is 3.47. The Labute approximate surface area is 193 Å². The molecule has 8 heteroatoms. The lowest BCUT2D eigenvalue weighted by Crippen LogP contribution is -2.57. The van der Waals surface area contributed by atoms with Crippen LogP contribution in [0.3, 0.4) is 0 Å². The van der Waals surface area contributed by atoms with Crippen molar-refractivity contribution in [3.8, 4) is 11.5 Å². The first-order chi connectivity index (χ1) is 16.1. The van der Waals surface area contributed by atoms with Gasteiger partial charge in [0.25, 0.3) is 5.91 Å². The van der Waals surface area contributed by atoms with Crippen molar-refractivity contribution in [3.05, 3.63) is 60.2 Å². The quantitative estimate of drug-likeness (QED) is 0.415. The van der Waals surface area contributed by atoms with E-state index in [9.17, 15) is 14.4 Å². The molecule has 0 saturated carbocycles. The number of ether oxygens (including phenoxy) is 3. The van der Waals surface area contributed by atoms with Gasteiger partial charge in [0.05, 0.1) is 18.6 Å². The van der Waals surface area contributed by atoms with E-state index in [1.165, 1.54) is 4.90 Å². The number of carbonyl (C=O) groups excluding carboxylic acids is 3. The molecule has 3 rings (SSSR count). The van der Waals surface area contributed by atoms with Crippen LogP contribution < -0.4 is 14.8 Å². The zero-order valence-electron chi connectivity index (χ0n) is 18.8. The van der Waals surface area contributed by atoms with Crippen molar-refractivity contribution in [3.63, 3.8) is 0 Å². The van der Waals surface area contributed by atoms with Crippen LogP contribution in [-0.4, -0.2) is 61.6 Å².